The van der Waals surface area contributed by atoms with Crippen LogP contribution in [-0.2, 0) is 4.74 Å². The average molecular weight is 436 g/mol. The number of carbonyl (C=O) groups excluding carboxylic acids is 2. The lowest BCUT2D eigenvalue weighted by Gasteiger charge is -2.37. The Bertz CT molecular complexity index is 953. The number of likely N-dealkylation sites (tertiary alicyclic amines) is 1. The molecule has 0 spiro atoms. The Balaban J connectivity index is 1.51. The summed E-state index contributed by atoms with van der Waals surface area (Å²) in [6.45, 7) is 0.701. The molecule has 1 N–H and O–H groups in total. The number of aldehydes is 1. The molecule has 2 fully saturated rings. The summed E-state index contributed by atoms with van der Waals surface area (Å²) in [5, 5.41) is 7.25. The molecular weight excluding hydrogens is 414 g/mol. The molecule has 0 atom stereocenters. The third-order valence-corrected chi connectivity index (χ3v) is 5.26. The summed E-state index contributed by atoms with van der Waals surface area (Å²) in [6, 6.07) is 2.94. The van der Waals surface area contributed by atoms with Crippen LogP contribution in [0.5, 0.6) is 5.88 Å². The Morgan fingerprint density at radius 2 is 2.03 bits per heavy atom. The van der Waals surface area contributed by atoms with E-state index in [0.29, 0.717) is 38.0 Å². The number of hydrogen-bond donors (Lipinski definition) is 1. The molecule has 1 aliphatic heterocycles. The van der Waals surface area contributed by atoms with Gasteiger partial charge in [0.25, 0.3) is 5.95 Å². The number of anilines is 1. The van der Waals surface area contributed by atoms with E-state index in [1.807, 2.05) is 0 Å². The fourth-order valence-corrected chi connectivity index (χ4v) is 3.52. The highest BCUT2D eigenvalue weighted by Crippen LogP contribution is 2.34. The van der Waals surface area contributed by atoms with Crippen LogP contribution in [0.25, 0.3) is 5.95 Å². The summed E-state index contributed by atoms with van der Waals surface area (Å²) in [6.07, 6.45) is 1.71. The van der Waals surface area contributed by atoms with Gasteiger partial charge in [0, 0.05) is 31.1 Å². The van der Waals surface area contributed by atoms with E-state index in [2.05, 4.69) is 25.1 Å². The molecular formula is C19H22F2N6O4. The molecule has 12 heteroatoms. The van der Waals surface area contributed by atoms with Gasteiger partial charge in [0.05, 0.1) is 20.2 Å². The number of amides is 1. The van der Waals surface area contributed by atoms with Gasteiger partial charge >= 0.3 is 6.09 Å². The fourth-order valence-electron chi connectivity index (χ4n) is 3.52. The summed E-state index contributed by atoms with van der Waals surface area (Å²) in [4.78, 5) is 32.7. The Hall–Kier alpha value is -3.31. The topological polar surface area (TPSA) is 111 Å². The summed E-state index contributed by atoms with van der Waals surface area (Å²) in [7, 11) is 1.31. The van der Waals surface area contributed by atoms with Crippen molar-refractivity contribution in [3.05, 3.63) is 24.0 Å². The number of rotatable bonds is 6. The van der Waals surface area contributed by atoms with Crippen LogP contribution < -0.4 is 10.1 Å². The number of methoxy groups -OCH3 is 1. The minimum absolute atomic E-state index is 0.156. The van der Waals surface area contributed by atoms with Crippen LogP contribution >= 0.6 is 0 Å². The normalized spacial score (nSPS) is 18.9. The number of aromatic nitrogens is 4. The molecule has 2 aliphatic rings. The van der Waals surface area contributed by atoms with Crippen LogP contribution in [0, 0.1) is 0 Å². The SMILES string of the molecule is COC(=O)N1CC(Oc2cc(NC3CCC(F)(F)CC3)nc(-n3ccc(C=O)n3)n2)C1. The first-order valence-corrected chi connectivity index (χ1v) is 9.89. The first kappa shape index (κ1) is 20.9. The van der Waals surface area contributed by atoms with Crippen LogP contribution in [0.3, 0.4) is 0 Å². The van der Waals surface area contributed by atoms with Crippen molar-refractivity contribution in [2.45, 2.75) is 43.8 Å². The lowest BCUT2D eigenvalue weighted by molar-refractivity contribution is -0.0361. The van der Waals surface area contributed by atoms with Crippen molar-refractivity contribution in [2.75, 3.05) is 25.5 Å². The van der Waals surface area contributed by atoms with E-state index < -0.39 is 12.0 Å². The zero-order valence-corrected chi connectivity index (χ0v) is 16.8. The van der Waals surface area contributed by atoms with Gasteiger partial charge in [-0.2, -0.15) is 15.1 Å². The van der Waals surface area contributed by atoms with Crippen molar-refractivity contribution >= 4 is 18.2 Å². The Morgan fingerprint density at radius 1 is 1.29 bits per heavy atom. The molecule has 3 heterocycles. The van der Waals surface area contributed by atoms with E-state index in [4.69, 9.17) is 4.74 Å². The Morgan fingerprint density at radius 3 is 2.68 bits per heavy atom. The molecule has 10 nitrogen and oxygen atoms in total. The molecule has 31 heavy (non-hydrogen) atoms. The third-order valence-electron chi connectivity index (χ3n) is 5.26. The Labute approximate surface area is 176 Å². The molecule has 1 amide bonds. The van der Waals surface area contributed by atoms with Crippen molar-refractivity contribution in [1.82, 2.24) is 24.6 Å². The van der Waals surface area contributed by atoms with Crippen LogP contribution in [0.4, 0.5) is 19.4 Å². The maximum Gasteiger partial charge on any atom is 0.409 e. The molecule has 166 valence electrons. The highest BCUT2D eigenvalue weighted by molar-refractivity contribution is 5.71. The minimum Gasteiger partial charge on any atom is -0.470 e. The Kier molecular flexibility index (Phi) is 5.70. The van der Waals surface area contributed by atoms with Gasteiger partial charge in [-0.25, -0.2) is 18.3 Å². The smallest absolute Gasteiger partial charge is 0.409 e. The fraction of sp³-hybridized carbons (Fsp3) is 0.526. The summed E-state index contributed by atoms with van der Waals surface area (Å²) in [5.41, 5.74) is 0.214. The van der Waals surface area contributed by atoms with E-state index >= 15 is 0 Å². The maximum atomic E-state index is 13.5. The predicted octanol–water partition coefficient (Wildman–Crippen LogP) is 2.29. The average Bonchev–Trinajstić information content (AvgIpc) is 3.21. The summed E-state index contributed by atoms with van der Waals surface area (Å²) in [5.74, 6) is -1.81. The van der Waals surface area contributed by atoms with Crippen molar-refractivity contribution in [3.8, 4) is 11.8 Å². The van der Waals surface area contributed by atoms with E-state index in [0.717, 1.165) is 0 Å². The molecule has 2 aromatic rings. The van der Waals surface area contributed by atoms with Gasteiger partial charge in [0.1, 0.15) is 17.6 Å². The van der Waals surface area contributed by atoms with Crippen molar-refractivity contribution in [1.29, 1.82) is 0 Å². The second kappa shape index (κ2) is 8.44. The van der Waals surface area contributed by atoms with Crippen molar-refractivity contribution in [3.63, 3.8) is 0 Å². The monoisotopic (exact) mass is 436 g/mol. The van der Waals surface area contributed by atoms with E-state index in [9.17, 15) is 18.4 Å². The van der Waals surface area contributed by atoms with E-state index in [-0.39, 0.29) is 42.5 Å². The van der Waals surface area contributed by atoms with Gasteiger partial charge in [-0.15, -0.1) is 0 Å². The molecule has 0 aromatic carbocycles. The number of alkyl halides is 2. The standard InChI is InChI=1S/C19H22F2N6O4/c1-30-18(29)26-9-14(10-26)31-16-8-15(22-12-2-5-19(20,21)6-3-12)23-17(24-16)27-7-4-13(11-28)25-27/h4,7-8,11-12,14H,2-3,5-6,9-10H2,1H3,(H,22,23,24). The molecule has 1 aliphatic carbocycles. The van der Waals surface area contributed by atoms with E-state index in [1.165, 1.54) is 29.0 Å². The van der Waals surface area contributed by atoms with Gasteiger partial charge in [-0.3, -0.25) is 4.79 Å². The lowest BCUT2D eigenvalue weighted by Crippen LogP contribution is -2.56. The third kappa shape index (κ3) is 4.89. The molecule has 1 saturated carbocycles. The number of hydrogen-bond acceptors (Lipinski definition) is 8. The van der Waals surface area contributed by atoms with Crippen LogP contribution in [0.1, 0.15) is 36.2 Å². The highest BCUT2D eigenvalue weighted by atomic mass is 19.3. The molecule has 1 saturated heterocycles. The van der Waals surface area contributed by atoms with Gasteiger partial charge in [-0.1, -0.05) is 0 Å². The number of ether oxygens (including phenoxy) is 2. The first-order chi connectivity index (χ1) is 14.8. The second-order valence-electron chi connectivity index (χ2n) is 7.58. The van der Waals surface area contributed by atoms with Crippen molar-refractivity contribution < 1.29 is 27.8 Å². The summed E-state index contributed by atoms with van der Waals surface area (Å²) >= 11 is 0. The number of halogens is 2. The predicted molar refractivity (Wildman–Crippen MR) is 104 cm³/mol. The summed E-state index contributed by atoms with van der Waals surface area (Å²) < 4.78 is 38.8. The molecule has 0 radical (unpaired) electrons. The number of carbonyl (C=O) groups is 2. The zero-order valence-electron chi connectivity index (χ0n) is 16.8. The quantitative estimate of drug-likeness (QED) is 0.687. The lowest BCUT2D eigenvalue weighted by atomic mass is 9.92. The molecule has 2 aromatic heterocycles. The van der Waals surface area contributed by atoms with Gasteiger partial charge in [-0.05, 0) is 18.9 Å². The van der Waals surface area contributed by atoms with Gasteiger partial charge < -0.3 is 19.7 Å². The molecule has 0 bridgehead atoms. The number of nitrogens with zero attached hydrogens (tertiary/aromatic N) is 5. The van der Waals surface area contributed by atoms with Crippen molar-refractivity contribution in [2.24, 2.45) is 0 Å². The number of nitrogens with one attached hydrogen (secondary N) is 1. The maximum absolute atomic E-state index is 13.5. The molecule has 4 rings (SSSR count). The van der Waals surface area contributed by atoms with Crippen LogP contribution in [0.15, 0.2) is 18.3 Å². The van der Waals surface area contributed by atoms with Crippen LogP contribution in [0.2, 0.25) is 0 Å². The van der Waals surface area contributed by atoms with Gasteiger partial charge in [0.15, 0.2) is 6.29 Å². The minimum atomic E-state index is -2.63. The second-order valence-corrected chi connectivity index (χ2v) is 7.58. The zero-order chi connectivity index (χ0) is 22.0. The van der Waals surface area contributed by atoms with Crippen LogP contribution in [-0.4, -0.2) is 75.3 Å². The van der Waals surface area contributed by atoms with Gasteiger partial charge in [0.2, 0.25) is 11.8 Å². The van der Waals surface area contributed by atoms with E-state index in [1.54, 1.807) is 6.07 Å². The molecule has 0 unspecified atom stereocenters. The largest absolute Gasteiger partial charge is 0.470 e. The highest BCUT2D eigenvalue weighted by Gasteiger charge is 2.35. The first-order valence-electron chi connectivity index (χ1n) is 9.89.